The highest BCUT2D eigenvalue weighted by Gasteiger charge is 2.23. The van der Waals surface area contributed by atoms with Crippen LogP contribution in [0.15, 0.2) is 0 Å². The van der Waals surface area contributed by atoms with Crippen molar-refractivity contribution >= 4 is 0 Å². The minimum absolute atomic E-state index is 0.338. The van der Waals surface area contributed by atoms with Gasteiger partial charge in [-0.2, -0.15) is 0 Å². The van der Waals surface area contributed by atoms with Crippen molar-refractivity contribution in [1.29, 1.82) is 0 Å². The quantitative estimate of drug-likeness (QED) is 0.757. The van der Waals surface area contributed by atoms with E-state index < -0.39 is 0 Å². The van der Waals surface area contributed by atoms with Crippen molar-refractivity contribution in [3.63, 3.8) is 0 Å². The highest BCUT2D eigenvalue weighted by atomic mass is 16.5. The normalized spacial score (nSPS) is 19.7. The second kappa shape index (κ2) is 7.46. The zero-order chi connectivity index (χ0) is 13.6. The summed E-state index contributed by atoms with van der Waals surface area (Å²) in [4.78, 5) is 2.58. The summed E-state index contributed by atoms with van der Waals surface area (Å²) in [5.74, 6) is 0. The smallest absolute Gasteiger partial charge is 0.0467 e. The molecule has 0 bridgehead atoms. The van der Waals surface area contributed by atoms with Crippen LogP contribution in [0.1, 0.15) is 47.0 Å². The number of nitrogens with one attached hydrogen (secondary N) is 1. The first-order valence-electron chi connectivity index (χ1n) is 7.41. The number of rotatable bonds is 7. The van der Waals surface area contributed by atoms with E-state index in [1.807, 2.05) is 0 Å². The predicted molar refractivity (Wildman–Crippen MR) is 78.0 cm³/mol. The van der Waals surface area contributed by atoms with E-state index in [1.54, 1.807) is 7.11 Å². The molecule has 0 spiro atoms. The number of methoxy groups -OCH3 is 1. The molecule has 0 amide bonds. The van der Waals surface area contributed by atoms with Crippen LogP contribution in [0, 0.1) is 5.41 Å². The van der Waals surface area contributed by atoms with Crippen molar-refractivity contribution in [3.8, 4) is 0 Å². The van der Waals surface area contributed by atoms with Gasteiger partial charge in [0.25, 0.3) is 0 Å². The van der Waals surface area contributed by atoms with E-state index in [0.29, 0.717) is 17.5 Å². The average Bonchev–Trinajstić information content (AvgIpc) is 2.35. The fourth-order valence-corrected chi connectivity index (χ4v) is 2.51. The number of likely N-dealkylation sites (tertiary alicyclic amines) is 1. The monoisotopic (exact) mass is 256 g/mol. The largest absolute Gasteiger partial charge is 0.385 e. The third kappa shape index (κ3) is 5.68. The van der Waals surface area contributed by atoms with Crippen molar-refractivity contribution < 1.29 is 4.74 Å². The lowest BCUT2D eigenvalue weighted by Crippen LogP contribution is -2.47. The molecule has 1 aliphatic heterocycles. The van der Waals surface area contributed by atoms with Gasteiger partial charge < -0.3 is 15.0 Å². The molecule has 108 valence electrons. The topological polar surface area (TPSA) is 24.5 Å². The molecule has 0 aromatic heterocycles. The third-order valence-electron chi connectivity index (χ3n) is 4.11. The van der Waals surface area contributed by atoms with Crippen molar-refractivity contribution in [2.45, 2.75) is 59.0 Å². The van der Waals surface area contributed by atoms with Gasteiger partial charge >= 0.3 is 0 Å². The third-order valence-corrected chi connectivity index (χ3v) is 4.11. The predicted octanol–water partition coefficient (Wildman–Crippen LogP) is 2.51. The molecule has 1 N–H and O–H groups in total. The molecule has 1 aliphatic rings. The van der Waals surface area contributed by atoms with Gasteiger partial charge in [0.05, 0.1) is 0 Å². The molecule has 0 radical (unpaired) electrons. The summed E-state index contributed by atoms with van der Waals surface area (Å²) in [6.45, 7) is 13.7. The highest BCUT2D eigenvalue weighted by molar-refractivity contribution is 4.81. The summed E-state index contributed by atoms with van der Waals surface area (Å²) in [7, 11) is 1.78. The van der Waals surface area contributed by atoms with Crippen LogP contribution in [0.2, 0.25) is 0 Å². The second-order valence-electron chi connectivity index (χ2n) is 6.69. The SMILES string of the molecule is COCCC(C)(C)CNC1CCN(C(C)C)CC1. The summed E-state index contributed by atoms with van der Waals surface area (Å²) in [6.07, 6.45) is 3.71. The lowest BCUT2D eigenvalue weighted by molar-refractivity contribution is 0.135. The fraction of sp³-hybridized carbons (Fsp3) is 1.00. The number of hydrogen-bond acceptors (Lipinski definition) is 3. The molecule has 1 saturated heterocycles. The van der Waals surface area contributed by atoms with E-state index in [-0.39, 0.29) is 0 Å². The molecule has 0 atom stereocenters. The van der Waals surface area contributed by atoms with E-state index in [2.05, 4.69) is 37.9 Å². The van der Waals surface area contributed by atoms with E-state index in [9.17, 15) is 0 Å². The van der Waals surface area contributed by atoms with Gasteiger partial charge in [-0.3, -0.25) is 0 Å². The van der Waals surface area contributed by atoms with Crippen molar-refractivity contribution in [1.82, 2.24) is 10.2 Å². The van der Waals surface area contributed by atoms with Gasteiger partial charge in [0.1, 0.15) is 0 Å². The van der Waals surface area contributed by atoms with Crippen LogP contribution in [0.4, 0.5) is 0 Å². The lowest BCUT2D eigenvalue weighted by atomic mass is 9.89. The summed E-state index contributed by atoms with van der Waals surface area (Å²) in [5, 5.41) is 3.75. The first kappa shape index (κ1) is 15.9. The van der Waals surface area contributed by atoms with E-state index in [0.717, 1.165) is 19.6 Å². The molecule has 1 fully saturated rings. The van der Waals surface area contributed by atoms with E-state index in [4.69, 9.17) is 4.74 Å². The first-order valence-corrected chi connectivity index (χ1v) is 7.41. The van der Waals surface area contributed by atoms with Crippen LogP contribution in [0.25, 0.3) is 0 Å². The van der Waals surface area contributed by atoms with Crippen molar-refractivity contribution in [3.05, 3.63) is 0 Å². The Morgan fingerprint density at radius 1 is 1.28 bits per heavy atom. The van der Waals surface area contributed by atoms with E-state index in [1.165, 1.54) is 25.9 Å². The highest BCUT2D eigenvalue weighted by Crippen LogP contribution is 2.20. The van der Waals surface area contributed by atoms with Crippen LogP contribution in [-0.2, 0) is 4.74 Å². The maximum absolute atomic E-state index is 5.18. The van der Waals surface area contributed by atoms with Gasteiger partial charge in [-0.15, -0.1) is 0 Å². The van der Waals surface area contributed by atoms with Crippen LogP contribution in [0.3, 0.4) is 0 Å². The van der Waals surface area contributed by atoms with Crippen molar-refractivity contribution in [2.75, 3.05) is 33.4 Å². The molecular formula is C15H32N2O. The van der Waals surface area contributed by atoms with Gasteiger partial charge in [0, 0.05) is 32.3 Å². The number of ether oxygens (including phenoxy) is 1. The van der Waals surface area contributed by atoms with Gasteiger partial charge in [0.2, 0.25) is 0 Å². The average molecular weight is 256 g/mol. The Morgan fingerprint density at radius 3 is 2.39 bits per heavy atom. The van der Waals surface area contributed by atoms with Crippen molar-refractivity contribution in [2.24, 2.45) is 5.41 Å². The Hall–Kier alpha value is -0.120. The number of nitrogens with zero attached hydrogens (tertiary/aromatic N) is 1. The second-order valence-corrected chi connectivity index (χ2v) is 6.69. The Bertz CT molecular complexity index is 221. The molecule has 3 heteroatoms. The summed E-state index contributed by atoms with van der Waals surface area (Å²) in [5.41, 5.74) is 0.338. The number of piperidine rings is 1. The molecular weight excluding hydrogens is 224 g/mol. The lowest BCUT2D eigenvalue weighted by Gasteiger charge is -2.36. The first-order chi connectivity index (χ1) is 8.44. The number of hydrogen-bond donors (Lipinski definition) is 1. The minimum Gasteiger partial charge on any atom is -0.385 e. The van der Waals surface area contributed by atoms with Gasteiger partial charge in [-0.25, -0.2) is 0 Å². The van der Waals surface area contributed by atoms with E-state index >= 15 is 0 Å². The molecule has 18 heavy (non-hydrogen) atoms. The van der Waals surface area contributed by atoms with Gasteiger partial charge in [-0.05, 0) is 51.6 Å². The van der Waals surface area contributed by atoms with Crippen LogP contribution >= 0.6 is 0 Å². The molecule has 0 aromatic rings. The molecule has 0 unspecified atom stereocenters. The zero-order valence-corrected chi connectivity index (χ0v) is 13.0. The molecule has 0 aliphatic carbocycles. The van der Waals surface area contributed by atoms with Gasteiger partial charge in [0.15, 0.2) is 0 Å². The van der Waals surface area contributed by atoms with Gasteiger partial charge in [-0.1, -0.05) is 13.8 Å². The molecule has 0 saturated carbocycles. The molecule has 3 nitrogen and oxygen atoms in total. The Labute approximate surface area is 113 Å². The molecule has 1 rings (SSSR count). The summed E-state index contributed by atoms with van der Waals surface area (Å²) >= 11 is 0. The van der Waals surface area contributed by atoms with Crippen LogP contribution < -0.4 is 5.32 Å². The Kier molecular flexibility index (Phi) is 6.61. The maximum Gasteiger partial charge on any atom is 0.0467 e. The van der Waals surface area contributed by atoms with Crippen LogP contribution in [0.5, 0.6) is 0 Å². The Morgan fingerprint density at radius 2 is 1.89 bits per heavy atom. The maximum atomic E-state index is 5.18. The zero-order valence-electron chi connectivity index (χ0n) is 13.0. The minimum atomic E-state index is 0.338. The fourth-order valence-electron chi connectivity index (χ4n) is 2.51. The summed E-state index contributed by atoms with van der Waals surface area (Å²) < 4.78 is 5.18. The summed E-state index contributed by atoms with van der Waals surface area (Å²) in [6, 6.07) is 1.41. The van der Waals surface area contributed by atoms with Crippen LogP contribution in [-0.4, -0.2) is 50.3 Å². The molecule has 0 aromatic carbocycles. The Balaban J connectivity index is 2.21. The standard InChI is InChI=1S/C15H32N2O/c1-13(2)17-9-6-14(7-10-17)16-12-15(3,4)8-11-18-5/h13-14,16H,6-12H2,1-5H3. The molecule has 1 heterocycles.